The molecule has 2 heteroatoms. The molecule has 0 bridgehead atoms. The Labute approximate surface area is 77.5 Å². The third-order valence-corrected chi connectivity index (χ3v) is 2.66. The van der Waals surface area contributed by atoms with Crippen molar-refractivity contribution in [2.75, 3.05) is 7.11 Å². The first kappa shape index (κ1) is 8.45. The molecule has 0 aromatic heterocycles. The lowest BCUT2D eigenvalue weighted by molar-refractivity contribution is -0.148. The minimum Gasteiger partial charge on any atom is -0.373 e. The van der Waals surface area contributed by atoms with E-state index in [1.54, 1.807) is 7.11 Å². The summed E-state index contributed by atoms with van der Waals surface area (Å²) in [6.07, 6.45) is 1.04. The average molecular weight is 176 g/mol. The number of Topliss-reactive ketones (excluding diaryl/α,β-unsaturated/α-hetero) is 1. The van der Waals surface area contributed by atoms with Crippen LogP contribution in [0.25, 0.3) is 0 Å². The molecular formula is C11H12O2. The Morgan fingerprint density at radius 2 is 1.85 bits per heavy atom. The Morgan fingerprint density at radius 3 is 2.31 bits per heavy atom. The van der Waals surface area contributed by atoms with Crippen molar-refractivity contribution in [1.29, 1.82) is 0 Å². The van der Waals surface area contributed by atoms with Gasteiger partial charge in [-0.05, 0) is 5.56 Å². The van der Waals surface area contributed by atoms with Crippen LogP contribution in [-0.4, -0.2) is 12.9 Å². The Morgan fingerprint density at radius 1 is 1.23 bits per heavy atom. The second-order valence-electron chi connectivity index (χ2n) is 3.46. The molecule has 1 aromatic carbocycles. The first-order chi connectivity index (χ1) is 6.27. The van der Waals surface area contributed by atoms with E-state index in [0.717, 1.165) is 5.56 Å². The minimum absolute atomic E-state index is 0.283. The Balaban J connectivity index is 2.29. The van der Waals surface area contributed by atoms with E-state index in [4.69, 9.17) is 4.74 Å². The quantitative estimate of drug-likeness (QED) is 0.687. The number of ether oxygens (including phenoxy) is 1. The third-order valence-electron chi connectivity index (χ3n) is 2.66. The second kappa shape index (κ2) is 2.96. The van der Waals surface area contributed by atoms with Gasteiger partial charge in [0.25, 0.3) is 0 Å². The Kier molecular flexibility index (Phi) is 1.93. The van der Waals surface area contributed by atoms with Crippen LogP contribution < -0.4 is 0 Å². The second-order valence-corrected chi connectivity index (χ2v) is 3.46. The topological polar surface area (TPSA) is 26.3 Å². The van der Waals surface area contributed by atoms with E-state index in [-0.39, 0.29) is 11.4 Å². The lowest BCUT2D eigenvalue weighted by Crippen LogP contribution is -2.43. The molecule has 0 unspecified atom stereocenters. The molecule has 0 amide bonds. The smallest absolute Gasteiger partial charge is 0.139 e. The molecule has 1 aromatic rings. The van der Waals surface area contributed by atoms with Crippen LogP contribution in [0.2, 0.25) is 0 Å². The van der Waals surface area contributed by atoms with Gasteiger partial charge in [0.05, 0.1) is 0 Å². The molecule has 68 valence electrons. The first-order valence-electron chi connectivity index (χ1n) is 4.39. The van der Waals surface area contributed by atoms with Crippen LogP contribution in [0, 0.1) is 0 Å². The molecule has 2 nitrogen and oxygen atoms in total. The van der Waals surface area contributed by atoms with Gasteiger partial charge in [-0.15, -0.1) is 0 Å². The maximum atomic E-state index is 11.0. The summed E-state index contributed by atoms with van der Waals surface area (Å²) in [4.78, 5) is 11.0. The zero-order valence-corrected chi connectivity index (χ0v) is 7.62. The number of benzene rings is 1. The third kappa shape index (κ3) is 1.27. The fraction of sp³-hybridized carbons (Fsp3) is 0.364. The summed E-state index contributed by atoms with van der Waals surface area (Å²) in [5, 5.41) is 0. The molecule has 0 radical (unpaired) electrons. The molecule has 0 aliphatic heterocycles. The first-order valence-corrected chi connectivity index (χ1v) is 4.39. The summed E-state index contributed by atoms with van der Waals surface area (Å²) >= 11 is 0. The number of carbonyl (C=O) groups is 1. The van der Waals surface area contributed by atoms with Crippen molar-refractivity contribution in [3.8, 4) is 0 Å². The van der Waals surface area contributed by atoms with Crippen molar-refractivity contribution in [3.05, 3.63) is 35.9 Å². The SMILES string of the molecule is COC1(c2ccccc2)CC(=O)C1. The summed E-state index contributed by atoms with van der Waals surface area (Å²) in [6, 6.07) is 9.93. The van der Waals surface area contributed by atoms with Crippen molar-refractivity contribution >= 4 is 5.78 Å². The van der Waals surface area contributed by atoms with E-state index in [9.17, 15) is 4.79 Å². The monoisotopic (exact) mass is 176 g/mol. The van der Waals surface area contributed by atoms with Gasteiger partial charge < -0.3 is 4.74 Å². The summed E-state index contributed by atoms with van der Waals surface area (Å²) in [6.45, 7) is 0. The maximum absolute atomic E-state index is 11.0. The van der Waals surface area contributed by atoms with E-state index in [2.05, 4.69) is 0 Å². The van der Waals surface area contributed by atoms with Crippen molar-refractivity contribution in [3.63, 3.8) is 0 Å². The molecule has 1 aliphatic carbocycles. The van der Waals surface area contributed by atoms with E-state index in [1.807, 2.05) is 30.3 Å². The van der Waals surface area contributed by atoms with Gasteiger partial charge in [-0.25, -0.2) is 0 Å². The minimum atomic E-state index is -0.321. The number of rotatable bonds is 2. The summed E-state index contributed by atoms with van der Waals surface area (Å²) in [5.41, 5.74) is 0.787. The van der Waals surface area contributed by atoms with E-state index in [1.165, 1.54) is 0 Å². The summed E-state index contributed by atoms with van der Waals surface area (Å²) < 4.78 is 5.41. The van der Waals surface area contributed by atoms with E-state index in [0.29, 0.717) is 12.8 Å². The molecule has 0 spiro atoms. The average Bonchev–Trinajstić information content (AvgIpc) is 2.14. The van der Waals surface area contributed by atoms with Crippen LogP contribution >= 0.6 is 0 Å². The van der Waals surface area contributed by atoms with E-state index < -0.39 is 0 Å². The fourth-order valence-electron chi connectivity index (χ4n) is 1.79. The molecular weight excluding hydrogens is 164 g/mol. The molecule has 13 heavy (non-hydrogen) atoms. The van der Waals surface area contributed by atoms with Crippen LogP contribution in [0.1, 0.15) is 18.4 Å². The highest BCUT2D eigenvalue weighted by Crippen LogP contribution is 2.41. The molecule has 1 fully saturated rings. The summed E-state index contributed by atoms with van der Waals surface area (Å²) in [7, 11) is 1.67. The number of hydrogen-bond donors (Lipinski definition) is 0. The van der Waals surface area contributed by atoms with Crippen molar-refractivity contribution in [1.82, 2.24) is 0 Å². The van der Waals surface area contributed by atoms with Crippen LogP contribution in [0.4, 0.5) is 0 Å². The zero-order valence-electron chi connectivity index (χ0n) is 7.62. The van der Waals surface area contributed by atoms with Crippen LogP contribution in [0.5, 0.6) is 0 Å². The van der Waals surface area contributed by atoms with Gasteiger partial charge in [0, 0.05) is 20.0 Å². The van der Waals surface area contributed by atoms with Crippen LogP contribution in [0.3, 0.4) is 0 Å². The van der Waals surface area contributed by atoms with Crippen molar-refractivity contribution in [2.45, 2.75) is 18.4 Å². The molecule has 1 aliphatic rings. The molecule has 2 rings (SSSR count). The van der Waals surface area contributed by atoms with Gasteiger partial charge in [-0.1, -0.05) is 30.3 Å². The number of hydrogen-bond acceptors (Lipinski definition) is 2. The highest BCUT2D eigenvalue weighted by molar-refractivity contribution is 5.87. The standard InChI is InChI=1S/C11H12O2/c1-13-11(7-10(12)8-11)9-5-3-2-4-6-9/h2-6H,7-8H2,1H3. The van der Waals surface area contributed by atoms with Gasteiger partial charge >= 0.3 is 0 Å². The van der Waals surface area contributed by atoms with Gasteiger partial charge in [-0.3, -0.25) is 4.79 Å². The van der Waals surface area contributed by atoms with Gasteiger partial charge in [0.2, 0.25) is 0 Å². The van der Waals surface area contributed by atoms with E-state index >= 15 is 0 Å². The lowest BCUT2D eigenvalue weighted by Gasteiger charge is -2.39. The highest BCUT2D eigenvalue weighted by Gasteiger charge is 2.45. The molecule has 0 N–H and O–H groups in total. The number of carbonyl (C=O) groups excluding carboxylic acids is 1. The largest absolute Gasteiger partial charge is 0.373 e. The highest BCUT2D eigenvalue weighted by atomic mass is 16.5. The number of methoxy groups -OCH3 is 1. The Hall–Kier alpha value is -1.15. The molecule has 0 heterocycles. The lowest BCUT2D eigenvalue weighted by atomic mass is 9.74. The van der Waals surface area contributed by atoms with Gasteiger partial charge in [0.1, 0.15) is 11.4 Å². The van der Waals surface area contributed by atoms with Crippen molar-refractivity contribution in [2.24, 2.45) is 0 Å². The zero-order chi connectivity index (χ0) is 9.31. The maximum Gasteiger partial charge on any atom is 0.139 e. The normalized spacial score (nSPS) is 19.6. The predicted molar refractivity (Wildman–Crippen MR) is 49.4 cm³/mol. The Bertz CT molecular complexity index is 308. The van der Waals surface area contributed by atoms with Crippen LogP contribution in [0.15, 0.2) is 30.3 Å². The predicted octanol–water partition coefficient (Wildman–Crippen LogP) is 1.89. The summed E-state index contributed by atoms with van der Waals surface area (Å²) in [5.74, 6) is 0.283. The molecule has 0 atom stereocenters. The van der Waals surface area contributed by atoms with Crippen molar-refractivity contribution < 1.29 is 9.53 Å². The molecule has 0 saturated heterocycles. The fourth-order valence-corrected chi connectivity index (χ4v) is 1.79. The van der Waals surface area contributed by atoms with Gasteiger partial charge in [-0.2, -0.15) is 0 Å². The van der Waals surface area contributed by atoms with Crippen LogP contribution in [-0.2, 0) is 15.1 Å². The van der Waals surface area contributed by atoms with Gasteiger partial charge in [0.15, 0.2) is 0 Å². The molecule has 1 saturated carbocycles. The number of ketones is 1.